The first kappa shape index (κ1) is 13.9. The predicted octanol–water partition coefficient (Wildman–Crippen LogP) is 3.54. The molecule has 0 spiro atoms. The lowest BCUT2D eigenvalue weighted by Gasteiger charge is -2.17. The maximum atomic E-state index is 4.54. The fraction of sp³-hybridized carbons (Fsp3) is 0.357. The number of nitrogens with one attached hydrogen (secondary N) is 1. The third-order valence-corrected chi connectivity index (χ3v) is 2.95. The zero-order valence-corrected chi connectivity index (χ0v) is 12.9. The Bertz CT molecular complexity index is 549. The van der Waals surface area contributed by atoms with Crippen LogP contribution in [0.1, 0.15) is 32.3 Å². The summed E-state index contributed by atoms with van der Waals surface area (Å²) in [5.74, 6) is 1.61. The van der Waals surface area contributed by atoms with Crippen molar-refractivity contribution in [2.45, 2.75) is 32.7 Å². The molecule has 0 aromatic carbocycles. The van der Waals surface area contributed by atoms with Crippen molar-refractivity contribution in [1.82, 2.24) is 15.0 Å². The molecule has 0 saturated heterocycles. The van der Waals surface area contributed by atoms with Crippen LogP contribution in [0.2, 0.25) is 0 Å². The van der Waals surface area contributed by atoms with E-state index in [4.69, 9.17) is 0 Å². The van der Waals surface area contributed by atoms with Gasteiger partial charge in [-0.15, -0.1) is 0 Å². The van der Waals surface area contributed by atoms with Gasteiger partial charge in [0.15, 0.2) is 0 Å². The topological polar surface area (TPSA) is 50.7 Å². The highest BCUT2D eigenvalue weighted by atomic mass is 79.9. The van der Waals surface area contributed by atoms with E-state index in [0.29, 0.717) is 6.54 Å². The molecule has 2 rings (SSSR count). The average molecular weight is 321 g/mol. The molecule has 4 nitrogen and oxygen atoms in total. The lowest BCUT2D eigenvalue weighted by atomic mass is 9.96. The molecule has 2 aromatic rings. The summed E-state index contributed by atoms with van der Waals surface area (Å²) in [5.41, 5.74) is 0.903. The van der Waals surface area contributed by atoms with Crippen molar-refractivity contribution < 1.29 is 0 Å². The van der Waals surface area contributed by atoms with Crippen LogP contribution >= 0.6 is 15.9 Å². The van der Waals surface area contributed by atoms with E-state index in [-0.39, 0.29) is 5.41 Å². The zero-order valence-electron chi connectivity index (χ0n) is 11.3. The van der Waals surface area contributed by atoms with Gasteiger partial charge in [0.05, 0.1) is 12.2 Å². The number of rotatable bonds is 3. The van der Waals surface area contributed by atoms with Crippen molar-refractivity contribution in [3.05, 3.63) is 46.6 Å². The largest absolute Gasteiger partial charge is 0.364 e. The summed E-state index contributed by atoms with van der Waals surface area (Å²) in [6.07, 6.45) is 1.79. The Morgan fingerprint density at radius 2 is 2.00 bits per heavy atom. The van der Waals surface area contributed by atoms with Crippen LogP contribution in [0, 0.1) is 0 Å². The monoisotopic (exact) mass is 320 g/mol. The molecule has 100 valence electrons. The summed E-state index contributed by atoms with van der Waals surface area (Å²) >= 11 is 3.42. The van der Waals surface area contributed by atoms with Crippen LogP contribution in [-0.2, 0) is 12.0 Å². The van der Waals surface area contributed by atoms with Gasteiger partial charge in [-0.25, -0.2) is 9.97 Å². The van der Waals surface area contributed by atoms with Crippen LogP contribution in [-0.4, -0.2) is 15.0 Å². The zero-order chi connectivity index (χ0) is 13.9. The Morgan fingerprint density at radius 3 is 2.63 bits per heavy atom. The molecule has 0 unspecified atom stereocenters. The number of nitrogens with zero attached hydrogens (tertiary/aromatic N) is 3. The molecule has 0 aliphatic heterocycles. The first-order valence-electron chi connectivity index (χ1n) is 6.14. The van der Waals surface area contributed by atoms with Gasteiger partial charge in [-0.3, -0.25) is 4.98 Å². The van der Waals surface area contributed by atoms with E-state index in [2.05, 4.69) is 57.0 Å². The van der Waals surface area contributed by atoms with Crippen LogP contribution in [0.5, 0.6) is 0 Å². The molecular weight excluding hydrogens is 304 g/mol. The molecule has 0 amide bonds. The normalized spacial score (nSPS) is 11.4. The summed E-state index contributed by atoms with van der Waals surface area (Å²) in [4.78, 5) is 13.2. The van der Waals surface area contributed by atoms with Gasteiger partial charge in [-0.05, 0) is 28.1 Å². The smallest absolute Gasteiger partial charge is 0.137 e. The number of aromatic nitrogens is 3. The fourth-order valence-corrected chi connectivity index (χ4v) is 1.91. The number of hydrogen-bond donors (Lipinski definition) is 1. The number of halogens is 1. The second-order valence-electron chi connectivity index (χ2n) is 5.32. The Labute approximate surface area is 121 Å². The van der Waals surface area contributed by atoms with Crippen LogP contribution in [0.4, 0.5) is 5.82 Å². The summed E-state index contributed by atoms with van der Waals surface area (Å²) < 4.78 is 0.788. The summed E-state index contributed by atoms with van der Waals surface area (Å²) in [5, 5.41) is 3.27. The Balaban J connectivity index is 2.15. The van der Waals surface area contributed by atoms with Crippen molar-refractivity contribution in [3.63, 3.8) is 0 Å². The third-order valence-electron chi connectivity index (χ3n) is 2.54. The Morgan fingerprint density at radius 1 is 1.21 bits per heavy atom. The van der Waals surface area contributed by atoms with Crippen molar-refractivity contribution in [3.8, 4) is 0 Å². The summed E-state index contributed by atoms with van der Waals surface area (Å²) in [7, 11) is 0. The highest BCUT2D eigenvalue weighted by Crippen LogP contribution is 2.22. The van der Waals surface area contributed by atoms with Gasteiger partial charge in [-0.1, -0.05) is 26.8 Å². The highest BCUT2D eigenvalue weighted by Gasteiger charge is 2.18. The van der Waals surface area contributed by atoms with Gasteiger partial charge >= 0.3 is 0 Å². The molecule has 19 heavy (non-hydrogen) atoms. The molecule has 0 aliphatic rings. The first-order chi connectivity index (χ1) is 8.95. The van der Waals surface area contributed by atoms with E-state index in [1.54, 1.807) is 6.20 Å². The van der Waals surface area contributed by atoms with Crippen molar-refractivity contribution in [2.75, 3.05) is 5.32 Å². The lowest BCUT2D eigenvalue weighted by molar-refractivity contribution is 0.544. The maximum absolute atomic E-state index is 4.54. The maximum Gasteiger partial charge on any atom is 0.137 e. The molecule has 5 heteroatoms. The van der Waals surface area contributed by atoms with E-state index in [1.807, 2.05) is 24.3 Å². The van der Waals surface area contributed by atoms with Gasteiger partial charge in [0.25, 0.3) is 0 Å². The number of hydrogen-bond acceptors (Lipinski definition) is 4. The molecular formula is C14H17BrN4. The summed E-state index contributed by atoms with van der Waals surface area (Å²) in [6, 6.07) is 7.73. The second kappa shape index (κ2) is 5.65. The molecule has 0 fully saturated rings. The third kappa shape index (κ3) is 3.99. The van der Waals surface area contributed by atoms with Crippen LogP contribution < -0.4 is 5.32 Å². The van der Waals surface area contributed by atoms with E-state index >= 15 is 0 Å². The molecule has 0 radical (unpaired) electrons. The molecule has 0 saturated carbocycles. The fourth-order valence-electron chi connectivity index (χ4n) is 1.53. The second-order valence-corrected chi connectivity index (χ2v) is 6.14. The molecule has 0 bridgehead atoms. The standard InChI is InChI=1S/C14H17BrN4/c1-14(2,3)13-18-11(15)8-12(19-13)17-9-10-6-4-5-7-16-10/h4-8H,9H2,1-3H3,(H,17,18,19). The molecule has 2 aromatic heterocycles. The molecule has 0 atom stereocenters. The van der Waals surface area contributed by atoms with Gasteiger partial charge in [0.1, 0.15) is 16.2 Å². The summed E-state index contributed by atoms with van der Waals surface area (Å²) in [6.45, 7) is 6.93. The van der Waals surface area contributed by atoms with Crippen molar-refractivity contribution in [1.29, 1.82) is 0 Å². The number of anilines is 1. The van der Waals surface area contributed by atoms with Gasteiger partial charge in [0.2, 0.25) is 0 Å². The Hall–Kier alpha value is -1.49. The van der Waals surface area contributed by atoms with E-state index < -0.39 is 0 Å². The SMILES string of the molecule is CC(C)(C)c1nc(Br)cc(NCc2ccccn2)n1. The molecule has 0 aliphatic carbocycles. The average Bonchev–Trinajstić information content (AvgIpc) is 2.36. The molecule has 1 N–H and O–H groups in total. The van der Waals surface area contributed by atoms with Gasteiger partial charge < -0.3 is 5.32 Å². The predicted molar refractivity (Wildman–Crippen MR) is 80.0 cm³/mol. The van der Waals surface area contributed by atoms with Crippen LogP contribution in [0.3, 0.4) is 0 Å². The lowest BCUT2D eigenvalue weighted by Crippen LogP contribution is -2.17. The quantitative estimate of drug-likeness (QED) is 0.879. The van der Waals surface area contributed by atoms with Crippen molar-refractivity contribution >= 4 is 21.7 Å². The van der Waals surface area contributed by atoms with Crippen LogP contribution in [0.25, 0.3) is 0 Å². The first-order valence-corrected chi connectivity index (χ1v) is 6.93. The minimum atomic E-state index is -0.0782. The van der Waals surface area contributed by atoms with Gasteiger partial charge in [-0.2, -0.15) is 0 Å². The highest BCUT2D eigenvalue weighted by molar-refractivity contribution is 9.10. The van der Waals surface area contributed by atoms with Crippen LogP contribution in [0.15, 0.2) is 35.1 Å². The van der Waals surface area contributed by atoms with E-state index in [1.165, 1.54) is 0 Å². The minimum Gasteiger partial charge on any atom is -0.364 e. The van der Waals surface area contributed by atoms with E-state index in [0.717, 1.165) is 21.9 Å². The van der Waals surface area contributed by atoms with E-state index in [9.17, 15) is 0 Å². The van der Waals surface area contributed by atoms with Crippen molar-refractivity contribution in [2.24, 2.45) is 0 Å². The number of pyridine rings is 1. The minimum absolute atomic E-state index is 0.0782. The van der Waals surface area contributed by atoms with Gasteiger partial charge in [0, 0.05) is 17.7 Å². The molecule has 2 heterocycles. The Kier molecular flexibility index (Phi) is 4.14.